The Morgan fingerprint density at radius 1 is 1.45 bits per heavy atom. The third-order valence-corrected chi connectivity index (χ3v) is 1.47. The Kier molecular flexibility index (Phi) is 4.50. The van der Waals surface area contributed by atoms with Gasteiger partial charge in [0.1, 0.15) is 0 Å². The van der Waals surface area contributed by atoms with Gasteiger partial charge in [0.2, 0.25) is 5.91 Å². The first-order valence-corrected chi connectivity index (χ1v) is 4.06. The van der Waals surface area contributed by atoms with Crippen LogP contribution in [-0.4, -0.2) is 17.7 Å². The van der Waals surface area contributed by atoms with Crippen molar-refractivity contribution in [2.75, 3.05) is 0 Å². The molecular weight excluding hydrogens is 142 g/mol. The van der Waals surface area contributed by atoms with Crippen LogP contribution in [-0.2, 0) is 9.59 Å². The van der Waals surface area contributed by atoms with Crippen molar-refractivity contribution in [1.29, 1.82) is 0 Å². The maximum absolute atomic E-state index is 10.7. The largest absolute Gasteiger partial charge is 0.346 e. The maximum atomic E-state index is 10.7. The first-order chi connectivity index (χ1) is 5.24. The number of hydrogen-bond donors (Lipinski definition) is 1. The van der Waals surface area contributed by atoms with E-state index in [4.69, 9.17) is 0 Å². The fourth-order valence-electron chi connectivity index (χ4n) is 0.937. The van der Waals surface area contributed by atoms with Gasteiger partial charge in [0.15, 0.2) is 5.78 Å². The lowest BCUT2D eigenvalue weighted by Gasteiger charge is -2.01. The SMILES string of the molecule is CC.CCC1NC(=O)CC1=O. The predicted octanol–water partition coefficient (Wildman–Crippen LogP) is 0.880. The quantitative estimate of drug-likeness (QED) is 0.574. The topological polar surface area (TPSA) is 46.2 Å². The minimum atomic E-state index is -0.197. The summed E-state index contributed by atoms with van der Waals surface area (Å²) in [4.78, 5) is 21.2. The molecule has 1 aliphatic rings. The summed E-state index contributed by atoms with van der Waals surface area (Å²) in [6, 6.07) is -0.197. The smallest absolute Gasteiger partial charge is 0.228 e. The molecule has 0 radical (unpaired) electrons. The highest BCUT2D eigenvalue weighted by molar-refractivity contribution is 6.07. The lowest BCUT2D eigenvalue weighted by Crippen LogP contribution is -2.27. The number of rotatable bonds is 1. The molecule has 1 unspecified atom stereocenters. The summed E-state index contributed by atoms with van der Waals surface area (Å²) >= 11 is 0. The Morgan fingerprint density at radius 3 is 2.18 bits per heavy atom. The van der Waals surface area contributed by atoms with Crippen LogP contribution in [0.2, 0.25) is 0 Å². The summed E-state index contributed by atoms with van der Waals surface area (Å²) in [5.74, 6) is -0.102. The van der Waals surface area contributed by atoms with E-state index in [1.807, 2.05) is 20.8 Å². The van der Waals surface area contributed by atoms with Crippen LogP contribution in [0.5, 0.6) is 0 Å². The second kappa shape index (κ2) is 4.88. The zero-order valence-electron chi connectivity index (χ0n) is 7.31. The van der Waals surface area contributed by atoms with Gasteiger partial charge in [0.05, 0.1) is 12.5 Å². The van der Waals surface area contributed by atoms with Gasteiger partial charge in [-0.2, -0.15) is 0 Å². The predicted molar refractivity (Wildman–Crippen MR) is 43.2 cm³/mol. The molecule has 1 atom stereocenters. The minimum Gasteiger partial charge on any atom is -0.346 e. The van der Waals surface area contributed by atoms with Gasteiger partial charge in [0, 0.05) is 0 Å². The third-order valence-electron chi connectivity index (χ3n) is 1.47. The van der Waals surface area contributed by atoms with Crippen LogP contribution in [0, 0.1) is 0 Å². The van der Waals surface area contributed by atoms with E-state index in [1.54, 1.807) is 0 Å². The molecule has 1 saturated heterocycles. The Morgan fingerprint density at radius 2 is 2.00 bits per heavy atom. The molecule has 11 heavy (non-hydrogen) atoms. The highest BCUT2D eigenvalue weighted by Gasteiger charge is 2.27. The van der Waals surface area contributed by atoms with Gasteiger partial charge in [-0.1, -0.05) is 20.8 Å². The molecule has 3 heteroatoms. The summed E-state index contributed by atoms with van der Waals surface area (Å²) in [6.45, 7) is 5.88. The number of carbonyl (C=O) groups excluding carboxylic acids is 2. The molecule has 1 heterocycles. The van der Waals surface area contributed by atoms with E-state index in [1.165, 1.54) is 0 Å². The molecule has 1 aliphatic heterocycles. The van der Waals surface area contributed by atoms with Crippen LogP contribution in [0.4, 0.5) is 0 Å². The summed E-state index contributed by atoms with van der Waals surface area (Å²) in [5, 5.41) is 2.56. The second-order valence-corrected chi connectivity index (χ2v) is 2.17. The Balaban J connectivity index is 0.000000461. The van der Waals surface area contributed by atoms with Crippen LogP contribution < -0.4 is 5.32 Å². The Hall–Kier alpha value is -0.860. The average Bonchev–Trinajstić information content (AvgIpc) is 2.33. The van der Waals surface area contributed by atoms with Gasteiger partial charge in [-0.05, 0) is 6.42 Å². The van der Waals surface area contributed by atoms with Crippen molar-refractivity contribution in [2.24, 2.45) is 0 Å². The van der Waals surface area contributed by atoms with E-state index < -0.39 is 0 Å². The standard InChI is InChI=1S/C6H9NO2.C2H6/c1-2-4-5(8)3-6(9)7-4;1-2/h4H,2-3H2,1H3,(H,7,9);1-2H3. The van der Waals surface area contributed by atoms with Gasteiger partial charge >= 0.3 is 0 Å². The highest BCUT2D eigenvalue weighted by atomic mass is 16.2. The van der Waals surface area contributed by atoms with Crippen LogP contribution in [0.1, 0.15) is 33.6 Å². The van der Waals surface area contributed by atoms with Crippen molar-refractivity contribution < 1.29 is 9.59 Å². The summed E-state index contributed by atoms with van der Waals surface area (Å²) in [7, 11) is 0. The monoisotopic (exact) mass is 157 g/mol. The third kappa shape index (κ3) is 2.70. The summed E-state index contributed by atoms with van der Waals surface area (Å²) in [5.41, 5.74) is 0. The van der Waals surface area contributed by atoms with Gasteiger partial charge in [-0.15, -0.1) is 0 Å². The molecule has 1 fully saturated rings. The molecule has 1 amide bonds. The highest BCUT2D eigenvalue weighted by Crippen LogP contribution is 2.04. The van der Waals surface area contributed by atoms with Crippen LogP contribution in [0.25, 0.3) is 0 Å². The van der Waals surface area contributed by atoms with Crippen molar-refractivity contribution in [3.63, 3.8) is 0 Å². The van der Waals surface area contributed by atoms with Gasteiger partial charge in [-0.25, -0.2) is 0 Å². The first-order valence-electron chi connectivity index (χ1n) is 4.06. The van der Waals surface area contributed by atoms with Crippen molar-refractivity contribution in [3.05, 3.63) is 0 Å². The molecule has 1 rings (SSSR count). The van der Waals surface area contributed by atoms with Crippen molar-refractivity contribution in [2.45, 2.75) is 39.7 Å². The van der Waals surface area contributed by atoms with E-state index in [9.17, 15) is 9.59 Å². The van der Waals surface area contributed by atoms with Gasteiger partial charge in [-0.3, -0.25) is 9.59 Å². The van der Waals surface area contributed by atoms with E-state index >= 15 is 0 Å². The molecule has 0 spiro atoms. The molecule has 1 N–H and O–H groups in total. The van der Waals surface area contributed by atoms with Gasteiger partial charge in [0.25, 0.3) is 0 Å². The summed E-state index contributed by atoms with van der Waals surface area (Å²) < 4.78 is 0. The number of nitrogens with one attached hydrogen (secondary N) is 1. The molecule has 0 bridgehead atoms. The maximum Gasteiger partial charge on any atom is 0.228 e. The van der Waals surface area contributed by atoms with Crippen LogP contribution in [0.15, 0.2) is 0 Å². The lowest BCUT2D eigenvalue weighted by atomic mass is 10.2. The average molecular weight is 157 g/mol. The number of Topliss-reactive ketones (excluding diaryl/α,β-unsaturated/α-hetero) is 1. The fourth-order valence-corrected chi connectivity index (χ4v) is 0.937. The van der Waals surface area contributed by atoms with Gasteiger partial charge < -0.3 is 5.32 Å². The zero-order valence-corrected chi connectivity index (χ0v) is 7.31. The minimum absolute atomic E-state index is 0.0301. The number of ketones is 1. The normalized spacial score (nSPS) is 22.3. The molecule has 3 nitrogen and oxygen atoms in total. The fraction of sp³-hybridized carbons (Fsp3) is 0.750. The Labute approximate surface area is 67.2 Å². The van der Waals surface area contributed by atoms with Crippen molar-refractivity contribution >= 4 is 11.7 Å². The van der Waals surface area contributed by atoms with E-state index in [-0.39, 0.29) is 24.2 Å². The van der Waals surface area contributed by atoms with E-state index in [0.29, 0.717) is 6.42 Å². The zero-order chi connectivity index (χ0) is 8.85. The van der Waals surface area contributed by atoms with Crippen molar-refractivity contribution in [1.82, 2.24) is 5.32 Å². The number of hydrogen-bond acceptors (Lipinski definition) is 2. The molecule has 0 saturated carbocycles. The second-order valence-electron chi connectivity index (χ2n) is 2.17. The van der Waals surface area contributed by atoms with Crippen LogP contribution >= 0.6 is 0 Å². The number of carbonyl (C=O) groups is 2. The lowest BCUT2D eigenvalue weighted by molar-refractivity contribution is -0.122. The van der Waals surface area contributed by atoms with E-state index in [0.717, 1.165) is 0 Å². The van der Waals surface area contributed by atoms with Crippen molar-refractivity contribution in [3.8, 4) is 0 Å². The number of amides is 1. The van der Waals surface area contributed by atoms with Crippen LogP contribution in [0.3, 0.4) is 0 Å². The molecule has 0 aromatic carbocycles. The summed E-state index contributed by atoms with van der Waals surface area (Å²) in [6.07, 6.45) is 0.795. The first kappa shape index (κ1) is 10.1. The molecule has 0 aromatic rings. The Bertz CT molecular complexity index is 154. The molecule has 0 aromatic heterocycles. The molecule has 64 valence electrons. The van der Waals surface area contributed by atoms with E-state index in [2.05, 4.69) is 5.32 Å². The molecule has 0 aliphatic carbocycles. The molecular formula is C8H15NO2.